The van der Waals surface area contributed by atoms with Crippen molar-refractivity contribution in [3.05, 3.63) is 93.2 Å². The van der Waals surface area contributed by atoms with E-state index in [-0.39, 0.29) is 22.2 Å². The van der Waals surface area contributed by atoms with E-state index in [1.54, 1.807) is 62.6 Å². The van der Waals surface area contributed by atoms with Crippen LogP contribution in [0, 0.1) is 6.92 Å². The summed E-state index contributed by atoms with van der Waals surface area (Å²) in [4.78, 5) is 27.6. The van der Waals surface area contributed by atoms with Crippen LogP contribution in [0.3, 0.4) is 0 Å². The number of carbonyl (C=O) groups is 2. The molecular formula is C26H18Cl2N2O5. The maximum atomic E-state index is 13.3. The molecule has 5 rings (SSSR count). The minimum atomic E-state index is -0.999. The number of hydrogen-bond acceptors (Lipinski definition) is 6. The van der Waals surface area contributed by atoms with Gasteiger partial charge in [0.15, 0.2) is 5.82 Å². The van der Waals surface area contributed by atoms with Gasteiger partial charge < -0.3 is 14.4 Å². The van der Waals surface area contributed by atoms with E-state index in [0.29, 0.717) is 27.7 Å². The zero-order chi connectivity index (χ0) is 24.9. The Balaban J connectivity index is 1.71. The van der Waals surface area contributed by atoms with Gasteiger partial charge in [-0.1, -0.05) is 52.6 Å². The van der Waals surface area contributed by atoms with Gasteiger partial charge in [-0.3, -0.25) is 14.5 Å². The second kappa shape index (κ2) is 8.76. The first-order valence-corrected chi connectivity index (χ1v) is 11.3. The van der Waals surface area contributed by atoms with Crippen LogP contribution in [-0.4, -0.2) is 29.1 Å². The SMILES string of the molecule is COc1ccc2cc(/C(O)=C3\C(=O)C(=O)N(c4cc(C)on4)C3c3ccc(Cl)c(Cl)c3)ccc2c1. The number of aromatic nitrogens is 1. The number of aryl methyl sites for hydroxylation is 1. The minimum absolute atomic E-state index is 0.0955. The largest absolute Gasteiger partial charge is 0.507 e. The van der Waals surface area contributed by atoms with Crippen molar-refractivity contribution < 1.29 is 24.0 Å². The monoisotopic (exact) mass is 508 g/mol. The summed E-state index contributed by atoms with van der Waals surface area (Å²) in [6.07, 6.45) is 0. The van der Waals surface area contributed by atoms with Crippen LogP contribution < -0.4 is 9.64 Å². The van der Waals surface area contributed by atoms with Crippen LogP contribution in [0.5, 0.6) is 5.75 Å². The molecule has 7 nitrogen and oxygen atoms in total. The maximum absolute atomic E-state index is 13.3. The average molecular weight is 509 g/mol. The number of ketones is 1. The highest BCUT2D eigenvalue weighted by Gasteiger charge is 2.48. The molecule has 0 bridgehead atoms. The summed E-state index contributed by atoms with van der Waals surface area (Å²) in [5.74, 6) is -0.719. The van der Waals surface area contributed by atoms with Crippen molar-refractivity contribution in [2.75, 3.05) is 12.0 Å². The predicted molar refractivity (Wildman–Crippen MR) is 133 cm³/mol. The van der Waals surface area contributed by atoms with Crippen LogP contribution in [0.1, 0.15) is 22.9 Å². The van der Waals surface area contributed by atoms with Crippen molar-refractivity contribution in [3.8, 4) is 5.75 Å². The highest BCUT2D eigenvalue weighted by Crippen LogP contribution is 2.43. The Kier molecular flexibility index (Phi) is 5.75. The van der Waals surface area contributed by atoms with Crippen LogP contribution >= 0.6 is 23.2 Å². The third kappa shape index (κ3) is 3.92. The highest BCUT2D eigenvalue weighted by molar-refractivity contribution is 6.51. The van der Waals surface area contributed by atoms with Gasteiger partial charge in [0.1, 0.15) is 17.3 Å². The first-order valence-electron chi connectivity index (χ1n) is 10.6. The lowest BCUT2D eigenvalue weighted by Gasteiger charge is -2.23. The summed E-state index contributed by atoms with van der Waals surface area (Å²) in [6.45, 7) is 1.67. The predicted octanol–water partition coefficient (Wildman–Crippen LogP) is 6.08. The molecule has 35 heavy (non-hydrogen) atoms. The molecule has 0 radical (unpaired) electrons. The van der Waals surface area contributed by atoms with E-state index in [9.17, 15) is 14.7 Å². The Hall–Kier alpha value is -3.81. The van der Waals surface area contributed by atoms with Gasteiger partial charge >= 0.3 is 5.91 Å². The Morgan fingerprint density at radius 3 is 2.43 bits per heavy atom. The molecule has 2 heterocycles. The number of carbonyl (C=O) groups excluding carboxylic acids is 2. The van der Waals surface area contributed by atoms with Crippen molar-refractivity contribution in [1.29, 1.82) is 0 Å². The van der Waals surface area contributed by atoms with Gasteiger partial charge in [0.25, 0.3) is 5.78 Å². The number of rotatable bonds is 4. The number of anilines is 1. The normalized spacial score (nSPS) is 17.4. The molecule has 1 saturated heterocycles. The maximum Gasteiger partial charge on any atom is 0.301 e. The number of amides is 1. The van der Waals surface area contributed by atoms with Gasteiger partial charge in [0.2, 0.25) is 0 Å². The molecule has 1 unspecified atom stereocenters. The number of aliphatic hydroxyl groups is 1. The van der Waals surface area contributed by atoms with Gasteiger partial charge in [-0.25, -0.2) is 0 Å². The summed E-state index contributed by atoms with van der Waals surface area (Å²) in [7, 11) is 1.58. The van der Waals surface area contributed by atoms with Crippen molar-refractivity contribution in [2.45, 2.75) is 13.0 Å². The van der Waals surface area contributed by atoms with Gasteiger partial charge in [-0.2, -0.15) is 0 Å². The summed E-state index contributed by atoms with van der Waals surface area (Å²) in [6, 6.07) is 16.0. The molecule has 1 atom stereocenters. The number of aliphatic hydroxyl groups excluding tert-OH is 1. The zero-order valence-electron chi connectivity index (χ0n) is 18.6. The van der Waals surface area contributed by atoms with Gasteiger partial charge in [0, 0.05) is 11.6 Å². The van der Waals surface area contributed by atoms with E-state index in [4.69, 9.17) is 32.5 Å². The highest BCUT2D eigenvalue weighted by atomic mass is 35.5. The van der Waals surface area contributed by atoms with E-state index in [0.717, 1.165) is 10.8 Å². The quantitative estimate of drug-likeness (QED) is 0.204. The third-order valence-corrected chi connectivity index (χ3v) is 6.63. The molecule has 9 heteroatoms. The number of hydrogen-bond donors (Lipinski definition) is 1. The number of methoxy groups -OCH3 is 1. The second-order valence-electron chi connectivity index (χ2n) is 8.07. The standard InChI is InChI=1S/C26H18Cl2N2O5/c1-13-9-21(29-35-13)30-23(16-6-8-19(27)20(28)12-16)22(25(32)26(30)33)24(31)17-4-3-15-11-18(34-2)7-5-14(15)10-17/h3-12,23,31H,1-2H3/b24-22+. The van der Waals surface area contributed by atoms with Crippen LogP contribution in [0.4, 0.5) is 5.82 Å². The molecule has 1 aromatic heterocycles. The van der Waals surface area contributed by atoms with Crippen LogP contribution in [0.15, 0.2) is 70.8 Å². The van der Waals surface area contributed by atoms with Crippen LogP contribution in [0.25, 0.3) is 16.5 Å². The van der Waals surface area contributed by atoms with Gasteiger partial charge in [-0.15, -0.1) is 0 Å². The minimum Gasteiger partial charge on any atom is -0.507 e. The molecular weight excluding hydrogens is 491 g/mol. The van der Waals surface area contributed by atoms with E-state index < -0.39 is 17.7 Å². The lowest BCUT2D eigenvalue weighted by atomic mass is 9.94. The molecule has 1 aliphatic rings. The van der Waals surface area contributed by atoms with E-state index >= 15 is 0 Å². The van der Waals surface area contributed by atoms with Crippen molar-refractivity contribution in [2.24, 2.45) is 0 Å². The molecule has 3 aromatic carbocycles. The van der Waals surface area contributed by atoms with Gasteiger partial charge in [0.05, 0.1) is 28.8 Å². The Morgan fingerprint density at radius 1 is 1.00 bits per heavy atom. The summed E-state index contributed by atoms with van der Waals surface area (Å²) in [5.41, 5.74) is 0.760. The summed E-state index contributed by atoms with van der Waals surface area (Å²) in [5, 5.41) is 17.5. The molecule has 176 valence electrons. The second-order valence-corrected chi connectivity index (χ2v) is 8.88. The summed E-state index contributed by atoms with van der Waals surface area (Å²) >= 11 is 12.4. The number of nitrogens with zero attached hydrogens (tertiary/aromatic N) is 2. The molecule has 1 N–H and O–H groups in total. The summed E-state index contributed by atoms with van der Waals surface area (Å²) < 4.78 is 10.4. The molecule has 1 aliphatic heterocycles. The molecule has 1 amide bonds. The van der Waals surface area contributed by atoms with Crippen molar-refractivity contribution in [1.82, 2.24) is 5.16 Å². The van der Waals surface area contributed by atoms with E-state index in [1.165, 1.54) is 4.90 Å². The fourth-order valence-corrected chi connectivity index (χ4v) is 4.49. The van der Waals surface area contributed by atoms with Gasteiger partial charge in [-0.05, 0) is 53.6 Å². The topological polar surface area (TPSA) is 92.9 Å². The molecule has 0 spiro atoms. The third-order valence-electron chi connectivity index (χ3n) is 5.89. The molecule has 0 saturated carbocycles. The van der Waals surface area contributed by atoms with Crippen LogP contribution in [-0.2, 0) is 9.59 Å². The zero-order valence-corrected chi connectivity index (χ0v) is 20.1. The lowest BCUT2D eigenvalue weighted by molar-refractivity contribution is -0.132. The fraction of sp³-hybridized carbons (Fsp3) is 0.115. The smallest absolute Gasteiger partial charge is 0.301 e. The molecule has 1 fully saturated rings. The number of fused-ring (bicyclic) bond motifs is 1. The lowest BCUT2D eigenvalue weighted by Crippen LogP contribution is -2.29. The van der Waals surface area contributed by atoms with Crippen LogP contribution in [0.2, 0.25) is 10.0 Å². The van der Waals surface area contributed by atoms with E-state index in [2.05, 4.69) is 5.16 Å². The Bertz CT molecular complexity index is 1540. The Labute approximate surface area is 210 Å². The number of ether oxygens (including phenoxy) is 1. The Morgan fingerprint density at radius 2 is 1.74 bits per heavy atom. The van der Waals surface area contributed by atoms with Crippen molar-refractivity contribution >= 4 is 57.2 Å². The number of halogens is 2. The first kappa shape index (κ1) is 23.0. The van der Waals surface area contributed by atoms with Crippen molar-refractivity contribution in [3.63, 3.8) is 0 Å². The molecule has 4 aromatic rings. The molecule has 0 aliphatic carbocycles. The first-order chi connectivity index (χ1) is 16.8. The van der Waals surface area contributed by atoms with E-state index in [1.807, 2.05) is 12.1 Å². The fourth-order valence-electron chi connectivity index (χ4n) is 4.19. The number of benzene rings is 3. The number of Topliss-reactive ketones (excluding diaryl/α,β-unsaturated/α-hetero) is 1. The average Bonchev–Trinajstić information content (AvgIpc) is 3.40.